The first-order valence-corrected chi connectivity index (χ1v) is 2.06. The van der Waals surface area contributed by atoms with E-state index in [4.69, 9.17) is 5.73 Å². The topological polar surface area (TPSA) is 54.7 Å². The molecule has 0 spiro atoms. The Balaban J connectivity index is 3.12. The molecule has 7 heavy (non-hydrogen) atoms. The van der Waals surface area contributed by atoms with E-state index in [1.807, 2.05) is 6.92 Å². The number of nitrogens with zero attached hydrogens (tertiary/aromatic N) is 1. The van der Waals surface area contributed by atoms with Gasteiger partial charge in [-0.1, -0.05) is 0 Å². The molecule has 0 saturated heterocycles. The van der Waals surface area contributed by atoms with Crippen molar-refractivity contribution >= 4 is 5.82 Å². The Morgan fingerprint density at radius 2 is 2.57 bits per heavy atom. The van der Waals surface area contributed by atoms with Gasteiger partial charge in [0.1, 0.15) is 5.82 Å². The molecule has 0 fully saturated rings. The lowest BCUT2D eigenvalue weighted by atomic mass is 10.4. The van der Waals surface area contributed by atoms with Crippen LogP contribution in [0.4, 0.5) is 5.82 Å². The zero-order valence-corrected chi connectivity index (χ0v) is 4.10. The van der Waals surface area contributed by atoms with E-state index < -0.39 is 0 Å². The lowest BCUT2D eigenvalue weighted by Gasteiger charge is -1.79. The molecule has 0 aliphatic heterocycles. The Kier molecular flexibility index (Phi) is 0.749. The molecule has 3 heteroatoms. The standard InChI is InChI=1S/C4H7N3/c1-3-2-6-7-4(3)5/h2H,1H3,(H3,5,6,7). The predicted molar refractivity (Wildman–Crippen MR) is 27.7 cm³/mol. The van der Waals surface area contributed by atoms with Gasteiger partial charge in [0.25, 0.3) is 0 Å². The Morgan fingerprint density at radius 1 is 1.86 bits per heavy atom. The summed E-state index contributed by atoms with van der Waals surface area (Å²) < 4.78 is 0. The Morgan fingerprint density at radius 3 is 2.71 bits per heavy atom. The van der Waals surface area contributed by atoms with Gasteiger partial charge in [-0.3, -0.25) is 5.10 Å². The number of aryl methyl sites for hydroxylation is 1. The van der Waals surface area contributed by atoms with Crippen molar-refractivity contribution in [3.8, 4) is 0 Å². The highest BCUT2D eigenvalue weighted by molar-refractivity contribution is 5.34. The van der Waals surface area contributed by atoms with Gasteiger partial charge in [0.15, 0.2) is 0 Å². The van der Waals surface area contributed by atoms with Crippen LogP contribution in [0.25, 0.3) is 0 Å². The number of nitrogens with two attached hydrogens (primary N) is 1. The van der Waals surface area contributed by atoms with Crippen LogP contribution in [0.5, 0.6) is 0 Å². The van der Waals surface area contributed by atoms with E-state index in [-0.39, 0.29) is 0 Å². The number of hydrogen-bond donors (Lipinski definition) is 2. The molecule has 1 aromatic heterocycles. The number of anilines is 1. The van der Waals surface area contributed by atoms with Gasteiger partial charge in [0, 0.05) is 5.56 Å². The second-order valence-corrected chi connectivity index (χ2v) is 1.47. The molecule has 0 bridgehead atoms. The number of nitrogens with one attached hydrogen (secondary N) is 1. The highest BCUT2D eigenvalue weighted by Gasteiger charge is 1.88. The molecular formula is C4H7N3. The molecule has 0 unspecified atom stereocenters. The third kappa shape index (κ3) is 0.559. The number of H-pyrrole nitrogens is 1. The summed E-state index contributed by atoms with van der Waals surface area (Å²) in [6.07, 6.45) is 1.69. The monoisotopic (exact) mass is 97.1 g/mol. The number of aromatic amines is 1. The Labute approximate surface area is 41.5 Å². The minimum atomic E-state index is 0.653. The molecule has 1 rings (SSSR count). The van der Waals surface area contributed by atoms with E-state index in [9.17, 15) is 0 Å². The van der Waals surface area contributed by atoms with Crippen molar-refractivity contribution in [3.05, 3.63) is 11.8 Å². The van der Waals surface area contributed by atoms with Crippen LogP contribution in [0.1, 0.15) is 5.56 Å². The van der Waals surface area contributed by atoms with Gasteiger partial charge in [0.05, 0.1) is 6.20 Å². The lowest BCUT2D eigenvalue weighted by molar-refractivity contribution is 1.10. The fourth-order valence-electron chi connectivity index (χ4n) is 0.356. The lowest BCUT2D eigenvalue weighted by Crippen LogP contribution is -1.85. The summed E-state index contributed by atoms with van der Waals surface area (Å²) in [5.41, 5.74) is 6.32. The molecule has 38 valence electrons. The van der Waals surface area contributed by atoms with Gasteiger partial charge in [-0.25, -0.2) is 0 Å². The van der Waals surface area contributed by atoms with Crippen molar-refractivity contribution in [2.45, 2.75) is 6.92 Å². The first-order valence-electron chi connectivity index (χ1n) is 2.06. The molecule has 0 aliphatic rings. The molecule has 0 aliphatic carbocycles. The van der Waals surface area contributed by atoms with Crippen LogP contribution in [0.3, 0.4) is 0 Å². The average molecular weight is 97.1 g/mol. The molecular weight excluding hydrogens is 90.1 g/mol. The molecule has 3 N–H and O–H groups in total. The summed E-state index contributed by atoms with van der Waals surface area (Å²) in [6.45, 7) is 1.90. The van der Waals surface area contributed by atoms with E-state index in [0.717, 1.165) is 5.56 Å². The second-order valence-electron chi connectivity index (χ2n) is 1.47. The maximum atomic E-state index is 5.32. The summed E-state index contributed by atoms with van der Waals surface area (Å²) in [5, 5.41) is 6.27. The molecule has 0 atom stereocenters. The Bertz CT molecular complexity index is 139. The smallest absolute Gasteiger partial charge is 0.121 e. The first kappa shape index (κ1) is 4.18. The van der Waals surface area contributed by atoms with Crippen LogP contribution in [-0.4, -0.2) is 10.2 Å². The predicted octanol–water partition coefficient (Wildman–Crippen LogP) is 0.300. The van der Waals surface area contributed by atoms with Gasteiger partial charge in [-0.15, -0.1) is 0 Å². The summed E-state index contributed by atoms with van der Waals surface area (Å²) in [6, 6.07) is 0. The highest BCUT2D eigenvalue weighted by atomic mass is 15.1. The van der Waals surface area contributed by atoms with E-state index >= 15 is 0 Å². The van der Waals surface area contributed by atoms with Crippen LogP contribution in [0.2, 0.25) is 0 Å². The van der Waals surface area contributed by atoms with Gasteiger partial charge < -0.3 is 5.73 Å². The molecule has 0 radical (unpaired) electrons. The molecule has 0 saturated carbocycles. The van der Waals surface area contributed by atoms with Gasteiger partial charge >= 0.3 is 0 Å². The van der Waals surface area contributed by atoms with E-state index in [1.54, 1.807) is 6.20 Å². The first-order chi connectivity index (χ1) is 3.30. The molecule has 0 aromatic carbocycles. The molecule has 1 heterocycles. The van der Waals surface area contributed by atoms with Crippen molar-refractivity contribution in [2.24, 2.45) is 0 Å². The fraction of sp³-hybridized carbons (Fsp3) is 0.250. The van der Waals surface area contributed by atoms with Crippen LogP contribution < -0.4 is 5.73 Å². The largest absolute Gasteiger partial charge is 0.384 e. The maximum absolute atomic E-state index is 5.32. The van der Waals surface area contributed by atoms with Crippen molar-refractivity contribution in [1.82, 2.24) is 10.2 Å². The third-order valence-corrected chi connectivity index (χ3v) is 0.868. The Hall–Kier alpha value is -0.990. The number of nitrogen functional groups attached to an aromatic ring is 1. The zero-order valence-electron chi connectivity index (χ0n) is 4.10. The minimum Gasteiger partial charge on any atom is -0.384 e. The number of rotatable bonds is 0. The van der Waals surface area contributed by atoms with Crippen molar-refractivity contribution in [3.63, 3.8) is 0 Å². The molecule has 0 amide bonds. The van der Waals surface area contributed by atoms with Crippen molar-refractivity contribution in [1.29, 1.82) is 0 Å². The highest BCUT2D eigenvalue weighted by Crippen LogP contribution is 2.00. The fourth-order valence-corrected chi connectivity index (χ4v) is 0.356. The number of hydrogen-bond acceptors (Lipinski definition) is 2. The third-order valence-electron chi connectivity index (χ3n) is 0.868. The van der Waals surface area contributed by atoms with Crippen LogP contribution in [0.15, 0.2) is 6.20 Å². The maximum Gasteiger partial charge on any atom is 0.121 e. The van der Waals surface area contributed by atoms with Crippen LogP contribution in [-0.2, 0) is 0 Å². The average Bonchev–Trinajstić information content (AvgIpc) is 1.91. The van der Waals surface area contributed by atoms with Crippen LogP contribution in [0, 0.1) is 6.92 Å². The number of aromatic nitrogens is 2. The van der Waals surface area contributed by atoms with Crippen molar-refractivity contribution < 1.29 is 0 Å². The van der Waals surface area contributed by atoms with E-state index in [0.29, 0.717) is 5.82 Å². The van der Waals surface area contributed by atoms with Gasteiger partial charge in [0.2, 0.25) is 0 Å². The quantitative estimate of drug-likeness (QED) is 0.489. The normalized spacial score (nSPS) is 9.29. The summed E-state index contributed by atoms with van der Waals surface area (Å²) in [7, 11) is 0. The summed E-state index contributed by atoms with van der Waals surface area (Å²) >= 11 is 0. The summed E-state index contributed by atoms with van der Waals surface area (Å²) in [5.74, 6) is 0.653. The van der Waals surface area contributed by atoms with E-state index in [2.05, 4.69) is 10.2 Å². The van der Waals surface area contributed by atoms with Gasteiger partial charge in [-0.05, 0) is 6.92 Å². The van der Waals surface area contributed by atoms with Crippen LogP contribution >= 0.6 is 0 Å². The van der Waals surface area contributed by atoms with Crippen molar-refractivity contribution in [2.75, 3.05) is 5.73 Å². The molecule has 3 nitrogen and oxygen atoms in total. The zero-order chi connectivity index (χ0) is 5.28. The minimum absolute atomic E-state index is 0.653. The summed E-state index contributed by atoms with van der Waals surface area (Å²) in [4.78, 5) is 0. The SMILES string of the molecule is Cc1cn[nH]c1N. The van der Waals surface area contributed by atoms with E-state index in [1.165, 1.54) is 0 Å². The van der Waals surface area contributed by atoms with Gasteiger partial charge in [-0.2, -0.15) is 5.10 Å². The molecule has 1 aromatic rings. The second kappa shape index (κ2) is 1.26.